The van der Waals surface area contributed by atoms with Crippen LogP contribution in [0.4, 0.5) is 4.39 Å². The summed E-state index contributed by atoms with van der Waals surface area (Å²) in [7, 11) is 0. The number of fused-ring (bicyclic) bond motifs is 1. The Morgan fingerprint density at radius 1 is 1.21 bits per heavy atom. The Morgan fingerprint density at radius 2 is 2.00 bits per heavy atom. The molecule has 1 N–H and O–H groups in total. The van der Waals surface area contributed by atoms with Gasteiger partial charge in [0, 0.05) is 18.5 Å². The summed E-state index contributed by atoms with van der Waals surface area (Å²) >= 11 is 0. The molecule has 0 unspecified atom stereocenters. The van der Waals surface area contributed by atoms with E-state index in [4.69, 9.17) is 5.26 Å². The minimum Gasteiger partial charge on any atom is -0.391 e. The molecule has 144 valence electrons. The lowest BCUT2D eigenvalue weighted by Gasteiger charge is -2.26. The average Bonchev–Trinajstić information content (AvgIpc) is 3.24. The second-order valence-corrected chi connectivity index (χ2v) is 7.91. The highest BCUT2D eigenvalue weighted by Crippen LogP contribution is 2.36. The number of nitrogens with zero attached hydrogens (tertiary/aromatic N) is 2. The van der Waals surface area contributed by atoms with Crippen molar-refractivity contribution < 1.29 is 14.3 Å². The van der Waals surface area contributed by atoms with Gasteiger partial charge in [0.15, 0.2) is 0 Å². The maximum absolute atomic E-state index is 14.4. The first kappa shape index (κ1) is 18.6. The zero-order chi connectivity index (χ0) is 20.0. The molecule has 2 aromatic carbocycles. The molecule has 0 radical (unpaired) electrons. The quantitative estimate of drug-likeness (QED) is 0.884. The highest BCUT2D eigenvalue weighted by atomic mass is 19.1. The molecule has 0 saturated heterocycles. The third-order valence-electron chi connectivity index (χ3n) is 6.37. The molecule has 1 heterocycles. The minimum absolute atomic E-state index is 0.0365. The van der Waals surface area contributed by atoms with Gasteiger partial charge in [-0.1, -0.05) is 6.07 Å². The second kappa shape index (κ2) is 7.03. The zero-order valence-corrected chi connectivity index (χ0v) is 16.1. The highest BCUT2D eigenvalue weighted by Gasteiger charge is 2.39. The summed E-state index contributed by atoms with van der Waals surface area (Å²) in [6.45, 7) is 4.55. The summed E-state index contributed by atoms with van der Waals surface area (Å²) in [5.41, 5.74) is 5.53. The number of aliphatic hydroxyl groups excluding tert-OH is 1. The smallest absolute Gasteiger partial charge is 0.254 e. The molecule has 4 rings (SSSR count). The van der Waals surface area contributed by atoms with Crippen molar-refractivity contribution in [2.75, 3.05) is 0 Å². The second-order valence-electron chi connectivity index (χ2n) is 7.91. The summed E-state index contributed by atoms with van der Waals surface area (Å²) < 4.78 is 14.4. The largest absolute Gasteiger partial charge is 0.391 e. The van der Waals surface area contributed by atoms with Crippen LogP contribution in [0.2, 0.25) is 0 Å². The Morgan fingerprint density at radius 3 is 2.64 bits per heavy atom. The van der Waals surface area contributed by atoms with E-state index < -0.39 is 11.9 Å². The number of nitriles is 1. The van der Waals surface area contributed by atoms with Crippen molar-refractivity contribution in [2.45, 2.75) is 58.2 Å². The molecule has 2 aromatic rings. The van der Waals surface area contributed by atoms with E-state index in [1.54, 1.807) is 17.0 Å². The molecular formula is C23H23FN2O2. The Bertz CT molecular complexity index is 1010. The van der Waals surface area contributed by atoms with Gasteiger partial charge in [-0.15, -0.1) is 0 Å². The lowest BCUT2D eigenvalue weighted by Crippen LogP contribution is -2.40. The van der Waals surface area contributed by atoms with Crippen LogP contribution in [0.3, 0.4) is 0 Å². The van der Waals surface area contributed by atoms with Crippen LogP contribution in [0.5, 0.6) is 0 Å². The van der Waals surface area contributed by atoms with E-state index in [1.165, 1.54) is 6.07 Å². The molecule has 1 fully saturated rings. The summed E-state index contributed by atoms with van der Waals surface area (Å²) in [6, 6.07) is 8.22. The fourth-order valence-electron chi connectivity index (χ4n) is 4.53. The van der Waals surface area contributed by atoms with Crippen molar-refractivity contribution in [3.63, 3.8) is 0 Å². The number of hydrogen-bond donors (Lipinski definition) is 1. The van der Waals surface area contributed by atoms with Gasteiger partial charge < -0.3 is 10.0 Å². The predicted octanol–water partition coefficient (Wildman–Crippen LogP) is 3.77. The molecule has 1 amide bonds. The monoisotopic (exact) mass is 378 g/mol. The van der Waals surface area contributed by atoms with E-state index >= 15 is 0 Å². The van der Waals surface area contributed by atoms with E-state index in [0.717, 1.165) is 41.5 Å². The first-order chi connectivity index (χ1) is 13.4. The number of hydrogen-bond acceptors (Lipinski definition) is 3. The van der Waals surface area contributed by atoms with Crippen LogP contribution in [-0.4, -0.2) is 28.1 Å². The van der Waals surface area contributed by atoms with Crippen LogP contribution in [0, 0.1) is 31.0 Å². The molecule has 2 aliphatic rings. The van der Waals surface area contributed by atoms with Crippen LogP contribution in [-0.2, 0) is 13.0 Å². The van der Waals surface area contributed by atoms with Gasteiger partial charge in [0.2, 0.25) is 0 Å². The molecule has 5 heteroatoms. The molecule has 4 nitrogen and oxygen atoms in total. The van der Waals surface area contributed by atoms with Crippen LogP contribution < -0.4 is 0 Å². The lowest BCUT2D eigenvalue weighted by molar-refractivity contribution is 0.0479. The average molecular weight is 378 g/mol. The molecule has 0 bridgehead atoms. The maximum Gasteiger partial charge on any atom is 0.254 e. The summed E-state index contributed by atoms with van der Waals surface area (Å²) in [5, 5.41) is 19.1. The van der Waals surface area contributed by atoms with E-state index in [0.29, 0.717) is 29.7 Å². The van der Waals surface area contributed by atoms with Gasteiger partial charge in [0.1, 0.15) is 5.82 Å². The van der Waals surface area contributed by atoms with Crippen molar-refractivity contribution in [3.8, 4) is 6.07 Å². The standard InChI is InChI=1S/C23H23FN2O2/c1-13-14(2)19-12-26(21-4-3-5-22(21)27)23(28)18(19)10-17(13)9-16-7-6-15(11-25)8-20(16)24/h6-8,10,21-22,27H,3-5,9,12H2,1-2H3/t21-,22-/m0/s1. The number of rotatable bonds is 3. The minimum atomic E-state index is -0.452. The Labute approximate surface area is 164 Å². The van der Waals surface area contributed by atoms with Crippen LogP contribution in [0.15, 0.2) is 24.3 Å². The summed E-state index contributed by atoms with van der Waals surface area (Å²) in [6.07, 6.45) is 2.44. The van der Waals surface area contributed by atoms with Crippen LogP contribution in [0.25, 0.3) is 0 Å². The first-order valence-electron chi connectivity index (χ1n) is 9.70. The number of carbonyl (C=O) groups excluding carboxylic acids is 1. The van der Waals surface area contributed by atoms with Crippen molar-refractivity contribution >= 4 is 5.91 Å². The topological polar surface area (TPSA) is 64.3 Å². The molecule has 1 aliphatic heterocycles. The van der Waals surface area contributed by atoms with Gasteiger partial charge in [0.25, 0.3) is 5.91 Å². The van der Waals surface area contributed by atoms with Crippen molar-refractivity contribution in [1.82, 2.24) is 4.90 Å². The van der Waals surface area contributed by atoms with Gasteiger partial charge in [-0.05, 0) is 79.1 Å². The van der Waals surface area contributed by atoms with E-state index in [2.05, 4.69) is 0 Å². The van der Waals surface area contributed by atoms with E-state index in [-0.39, 0.29) is 11.9 Å². The van der Waals surface area contributed by atoms with Gasteiger partial charge in [-0.25, -0.2) is 4.39 Å². The number of carbonyl (C=O) groups is 1. The van der Waals surface area contributed by atoms with Crippen molar-refractivity contribution in [2.24, 2.45) is 0 Å². The van der Waals surface area contributed by atoms with Gasteiger partial charge in [-0.3, -0.25) is 4.79 Å². The number of benzene rings is 2. The Kier molecular flexibility index (Phi) is 4.68. The normalized spacial score (nSPS) is 21.1. The van der Waals surface area contributed by atoms with Gasteiger partial charge in [0.05, 0.1) is 23.8 Å². The molecule has 1 saturated carbocycles. The third-order valence-corrected chi connectivity index (χ3v) is 6.37. The maximum atomic E-state index is 14.4. The van der Waals surface area contributed by atoms with E-state index in [9.17, 15) is 14.3 Å². The Balaban J connectivity index is 1.68. The van der Waals surface area contributed by atoms with Crippen LogP contribution >= 0.6 is 0 Å². The number of amides is 1. The zero-order valence-electron chi connectivity index (χ0n) is 16.1. The molecule has 0 aromatic heterocycles. The lowest BCUT2D eigenvalue weighted by atomic mass is 9.91. The fourth-order valence-corrected chi connectivity index (χ4v) is 4.53. The molecule has 28 heavy (non-hydrogen) atoms. The molecule has 2 atom stereocenters. The third kappa shape index (κ3) is 2.98. The van der Waals surface area contributed by atoms with Gasteiger partial charge >= 0.3 is 0 Å². The summed E-state index contributed by atoms with van der Waals surface area (Å²) in [5.74, 6) is -0.441. The van der Waals surface area contributed by atoms with Crippen LogP contribution in [0.1, 0.15) is 63.0 Å². The van der Waals surface area contributed by atoms with Crippen molar-refractivity contribution in [3.05, 3.63) is 69.0 Å². The van der Waals surface area contributed by atoms with E-state index in [1.807, 2.05) is 26.0 Å². The molecule has 1 aliphatic carbocycles. The van der Waals surface area contributed by atoms with Crippen molar-refractivity contribution in [1.29, 1.82) is 5.26 Å². The number of halogens is 1. The number of aliphatic hydroxyl groups is 1. The SMILES string of the molecule is Cc1c(Cc2ccc(C#N)cc2F)cc2c(c1C)CN([C@H]1CCC[C@@H]1O)C2=O. The van der Waals surface area contributed by atoms with Gasteiger partial charge in [-0.2, -0.15) is 5.26 Å². The molecule has 0 spiro atoms. The first-order valence-corrected chi connectivity index (χ1v) is 9.70. The summed E-state index contributed by atoms with van der Waals surface area (Å²) in [4.78, 5) is 14.9. The predicted molar refractivity (Wildman–Crippen MR) is 103 cm³/mol. The Hall–Kier alpha value is -2.71. The molecular weight excluding hydrogens is 355 g/mol. The fraction of sp³-hybridized carbons (Fsp3) is 0.391. The highest BCUT2D eigenvalue weighted by molar-refractivity contribution is 5.99.